The van der Waals surface area contributed by atoms with Gasteiger partial charge in [0.2, 0.25) is 0 Å². The number of nitro benzene ring substituents is 1. The average molecular weight is 491 g/mol. The minimum Gasteiger partial charge on any atom is -0.494 e. The molecule has 0 amide bonds. The van der Waals surface area contributed by atoms with Gasteiger partial charge in [0.25, 0.3) is 5.69 Å². The van der Waals surface area contributed by atoms with E-state index in [0.29, 0.717) is 23.3 Å². The van der Waals surface area contributed by atoms with Crippen LogP contribution in [0.3, 0.4) is 0 Å². The highest BCUT2D eigenvalue weighted by Crippen LogP contribution is 2.45. The van der Waals surface area contributed by atoms with Crippen LogP contribution in [0.15, 0.2) is 24.3 Å². The average Bonchev–Trinajstić information content (AvgIpc) is 2.67. The van der Waals surface area contributed by atoms with Crippen molar-refractivity contribution in [3.63, 3.8) is 0 Å². The van der Waals surface area contributed by atoms with Gasteiger partial charge in [-0.3, -0.25) is 24.0 Å². The number of carbonyl (C=O) groups is 1. The van der Waals surface area contributed by atoms with E-state index in [-0.39, 0.29) is 25.3 Å². The predicted molar refractivity (Wildman–Crippen MR) is 122 cm³/mol. The number of hydrogen-bond acceptors (Lipinski definition) is 7. The number of phosphoric ester groups is 1. The first-order valence-electron chi connectivity index (χ1n) is 10.9. The molecule has 0 bridgehead atoms. The summed E-state index contributed by atoms with van der Waals surface area (Å²) in [5, 5.41) is 19.6. The number of carboxylic acid groups (broad SMARTS) is 1. The number of quaternary nitrogens is 1. The van der Waals surface area contributed by atoms with Crippen LogP contribution in [0, 0.1) is 10.1 Å². The number of rotatable bonds is 18. The van der Waals surface area contributed by atoms with Crippen LogP contribution in [0.1, 0.15) is 44.9 Å². The topological polar surface area (TPSA) is 145 Å². The van der Waals surface area contributed by atoms with E-state index in [2.05, 4.69) is 0 Å². The Morgan fingerprint density at radius 3 is 2.12 bits per heavy atom. The first kappa shape index (κ1) is 29.0. The molecule has 33 heavy (non-hydrogen) atoms. The number of benzene rings is 1. The Kier molecular flexibility index (Phi) is 12.5. The number of phosphoric acid groups is 1. The smallest absolute Gasteiger partial charge is 0.472 e. The lowest BCUT2D eigenvalue weighted by Gasteiger charge is -2.29. The van der Waals surface area contributed by atoms with Gasteiger partial charge in [0.15, 0.2) is 0 Å². The Morgan fingerprint density at radius 2 is 1.61 bits per heavy atom. The Labute approximate surface area is 194 Å². The fourth-order valence-electron chi connectivity index (χ4n) is 3.10. The molecule has 1 unspecified atom stereocenters. The second kappa shape index (κ2) is 14.3. The molecule has 0 fully saturated rings. The van der Waals surface area contributed by atoms with Gasteiger partial charge < -0.3 is 19.2 Å². The highest BCUT2D eigenvalue weighted by atomic mass is 31.2. The van der Waals surface area contributed by atoms with Gasteiger partial charge in [-0.05, 0) is 25.0 Å². The summed E-state index contributed by atoms with van der Waals surface area (Å²) in [6.07, 6.45) is 3.82. The van der Waals surface area contributed by atoms with Crippen molar-refractivity contribution in [2.45, 2.75) is 51.0 Å². The maximum Gasteiger partial charge on any atom is 0.472 e. The highest BCUT2D eigenvalue weighted by Gasteiger charge is 2.31. The zero-order valence-corrected chi connectivity index (χ0v) is 20.4. The number of carboxylic acids is 1. The summed E-state index contributed by atoms with van der Waals surface area (Å²) in [7, 11) is 1.18. The highest BCUT2D eigenvalue weighted by molar-refractivity contribution is 7.47. The number of unbranched alkanes of at least 4 members (excludes halogenated alkanes) is 5. The molecule has 188 valence electrons. The van der Waals surface area contributed by atoms with Crippen LogP contribution in [0.25, 0.3) is 0 Å². The molecule has 1 rings (SSSR count). The fraction of sp³-hybridized carbons (Fsp3) is 0.667. The van der Waals surface area contributed by atoms with Gasteiger partial charge in [-0.15, -0.1) is 0 Å². The van der Waals surface area contributed by atoms with Gasteiger partial charge in [-0.1, -0.05) is 25.7 Å². The lowest BCUT2D eigenvalue weighted by Crippen LogP contribution is -2.42. The SMILES string of the molecule is C[N+](C)(C)C[C@@H](CC(=O)O)OP(=O)(O)OCCCCCCCCOc1ccc([N+](=O)[O-])cc1. The van der Waals surface area contributed by atoms with E-state index in [1.165, 1.54) is 12.1 Å². The van der Waals surface area contributed by atoms with Crippen molar-refractivity contribution in [2.24, 2.45) is 0 Å². The van der Waals surface area contributed by atoms with Gasteiger partial charge in [-0.2, -0.15) is 0 Å². The number of ether oxygens (including phenoxy) is 1. The van der Waals surface area contributed by atoms with Crippen LogP contribution >= 0.6 is 7.82 Å². The van der Waals surface area contributed by atoms with E-state index in [1.54, 1.807) is 12.1 Å². The third-order valence-corrected chi connectivity index (χ3v) is 5.62. The van der Waals surface area contributed by atoms with Crippen LogP contribution in [-0.2, 0) is 18.4 Å². The second-order valence-electron chi connectivity index (χ2n) is 8.82. The first-order valence-corrected chi connectivity index (χ1v) is 12.4. The van der Waals surface area contributed by atoms with Gasteiger partial charge in [0, 0.05) is 12.1 Å². The van der Waals surface area contributed by atoms with E-state index in [9.17, 15) is 24.4 Å². The van der Waals surface area contributed by atoms with E-state index in [4.69, 9.17) is 18.9 Å². The summed E-state index contributed by atoms with van der Waals surface area (Å²) in [6, 6.07) is 5.97. The molecule has 2 atom stereocenters. The molecular formula is C21H36N2O9P+. The van der Waals surface area contributed by atoms with Gasteiger partial charge in [0.1, 0.15) is 18.4 Å². The first-order chi connectivity index (χ1) is 15.4. The summed E-state index contributed by atoms with van der Waals surface area (Å²) < 4.78 is 28.2. The molecule has 1 aromatic carbocycles. The summed E-state index contributed by atoms with van der Waals surface area (Å²) >= 11 is 0. The maximum absolute atomic E-state index is 12.1. The largest absolute Gasteiger partial charge is 0.494 e. The van der Waals surface area contributed by atoms with E-state index in [1.807, 2.05) is 21.1 Å². The van der Waals surface area contributed by atoms with Gasteiger partial charge in [0.05, 0.1) is 45.7 Å². The van der Waals surface area contributed by atoms with Crippen molar-refractivity contribution < 1.29 is 42.6 Å². The molecule has 0 heterocycles. The Morgan fingerprint density at radius 1 is 1.06 bits per heavy atom. The summed E-state index contributed by atoms with van der Waals surface area (Å²) in [4.78, 5) is 31.0. The standard InChI is InChI=1S/C21H35N2O9P/c1-23(2,3)17-20(16-21(24)25)32-33(28,29)31-15-9-7-5-4-6-8-14-30-19-12-10-18(11-13-19)22(26)27/h10-13,20H,4-9,14-17H2,1-3H3,(H-,24,25,28,29)/p+1/t20-/m1/s1. The van der Waals surface area contributed by atoms with Crippen LogP contribution in [0.5, 0.6) is 5.75 Å². The molecule has 11 nitrogen and oxygen atoms in total. The van der Waals surface area contributed by atoms with Crippen molar-refractivity contribution in [1.29, 1.82) is 0 Å². The summed E-state index contributed by atoms with van der Waals surface area (Å²) in [6.45, 7) is 0.839. The predicted octanol–water partition coefficient (Wildman–Crippen LogP) is 4.00. The Bertz CT molecular complexity index is 781. The monoisotopic (exact) mass is 491 g/mol. The lowest BCUT2D eigenvalue weighted by atomic mass is 10.1. The molecule has 0 aliphatic rings. The number of non-ortho nitro benzene ring substituents is 1. The van der Waals surface area contributed by atoms with Crippen LogP contribution in [0.4, 0.5) is 5.69 Å². The number of hydrogen-bond donors (Lipinski definition) is 2. The van der Waals surface area contributed by atoms with Crippen molar-refractivity contribution in [3.8, 4) is 5.75 Å². The van der Waals surface area contributed by atoms with Crippen LogP contribution in [0.2, 0.25) is 0 Å². The molecule has 0 aliphatic heterocycles. The van der Waals surface area contributed by atoms with Crippen molar-refractivity contribution in [1.82, 2.24) is 0 Å². The van der Waals surface area contributed by atoms with Crippen molar-refractivity contribution >= 4 is 19.5 Å². The van der Waals surface area contributed by atoms with Crippen molar-refractivity contribution in [2.75, 3.05) is 40.9 Å². The zero-order chi connectivity index (χ0) is 24.9. The number of likely N-dealkylation sites (N-methyl/N-ethyl adjacent to an activating group) is 1. The van der Waals surface area contributed by atoms with Gasteiger partial charge >= 0.3 is 13.8 Å². The lowest BCUT2D eigenvalue weighted by molar-refractivity contribution is -0.873. The minimum absolute atomic E-state index is 0.0275. The molecule has 0 spiro atoms. The van der Waals surface area contributed by atoms with Crippen molar-refractivity contribution in [3.05, 3.63) is 34.4 Å². The summed E-state index contributed by atoms with van der Waals surface area (Å²) in [5.74, 6) is -0.507. The fourth-order valence-corrected chi connectivity index (χ4v) is 4.04. The number of nitro groups is 1. The summed E-state index contributed by atoms with van der Waals surface area (Å²) in [5.41, 5.74) is 0.0275. The molecule has 0 radical (unpaired) electrons. The number of aliphatic carboxylic acids is 1. The van der Waals surface area contributed by atoms with Gasteiger partial charge in [-0.25, -0.2) is 4.57 Å². The molecule has 0 aromatic heterocycles. The second-order valence-corrected chi connectivity index (χ2v) is 10.2. The molecule has 0 aliphatic carbocycles. The molecule has 12 heteroatoms. The maximum atomic E-state index is 12.1. The van der Waals surface area contributed by atoms with E-state index < -0.39 is 24.8 Å². The molecule has 0 saturated heterocycles. The minimum atomic E-state index is -4.33. The Hall–Kier alpha value is -2.04. The van der Waals surface area contributed by atoms with E-state index in [0.717, 1.165) is 32.1 Å². The van der Waals surface area contributed by atoms with Crippen LogP contribution < -0.4 is 4.74 Å². The Balaban J connectivity index is 2.14. The number of nitrogens with zero attached hydrogens (tertiary/aromatic N) is 2. The third-order valence-electron chi connectivity index (χ3n) is 4.55. The molecular weight excluding hydrogens is 455 g/mol. The normalized spacial score (nSPS) is 14.4. The molecule has 0 saturated carbocycles. The quantitative estimate of drug-likeness (QED) is 0.102. The van der Waals surface area contributed by atoms with E-state index >= 15 is 0 Å². The third kappa shape index (κ3) is 14.7. The molecule has 2 N–H and O–H groups in total. The molecule has 1 aromatic rings. The zero-order valence-electron chi connectivity index (χ0n) is 19.6. The van der Waals surface area contributed by atoms with Crippen LogP contribution in [-0.4, -0.2) is 72.4 Å².